The van der Waals surface area contributed by atoms with E-state index in [9.17, 15) is 0 Å². The number of anilines is 1. The van der Waals surface area contributed by atoms with Crippen molar-refractivity contribution in [1.29, 1.82) is 5.26 Å². The van der Waals surface area contributed by atoms with Gasteiger partial charge in [-0.2, -0.15) is 5.26 Å². The van der Waals surface area contributed by atoms with E-state index in [0.29, 0.717) is 5.56 Å². The maximum atomic E-state index is 9.07. The van der Waals surface area contributed by atoms with Gasteiger partial charge in [0.2, 0.25) is 0 Å². The van der Waals surface area contributed by atoms with Crippen molar-refractivity contribution < 1.29 is 4.74 Å². The van der Waals surface area contributed by atoms with Crippen LogP contribution in [0.4, 0.5) is 5.69 Å². The van der Waals surface area contributed by atoms with Gasteiger partial charge in [-0.25, -0.2) is 0 Å². The molecule has 0 saturated carbocycles. The Kier molecular flexibility index (Phi) is 4.01. The third kappa shape index (κ3) is 3.39. The Labute approximate surface area is 103 Å². The third-order valence-corrected chi connectivity index (χ3v) is 3.02. The van der Waals surface area contributed by atoms with Crippen molar-refractivity contribution in [3.05, 3.63) is 23.8 Å². The molecule has 0 aliphatic heterocycles. The summed E-state index contributed by atoms with van der Waals surface area (Å²) >= 11 is 0. The lowest BCUT2D eigenvalue weighted by Gasteiger charge is -2.29. The van der Waals surface area contributed by atoms with Gasteiger partial charge < -0.3 is 10.1 Å². The fourth-order valence-electron chi connectivity index (χ4n) is 1.32. The average molecular weight is 232 g/mol. The Morgan fingerprint density at radius 3 is 2.47 bits per heavy atom. The molecule has 92 valence electrons. The van der Waals surface area contributed by atoms with E-state index < -0.39 is 0 Å². The highest BCUT2D eigenvalue weighted by Crippen LogP contribution is 2.27. The largest absolute Gasteiger partial charge is 0.497 e. The van der Waals surface area contributed by atoms with Crippen LogP contribution in [0.5, 0.6) is 5.75 Å². The number of benzene rings is 1. The summed E-state index contributed by atoms with van der Waals surface area (Å²) in [7, 11) is 1.62. The molecule has 17 heavy (non-hydrogen) atoms. The van der Waals surface area contributed by atoms with Crippen molar-refractivity contribution in [2.45, 2.75) is 33.7 Å². The SMILES string of the molecule is COc1ccc(C#N)c(NC(C)C(C)(C)C)c1. The van der Waals surface area contributed by atoms with Crippen LogP contribution in [0.1, 0.15) is 33.3 Å². The molecule has 0 aliphatic rings. The molecule has 3 nitrogen and oxygen atoms in total. The number of methoxy groups -OCH3 is 1. The molecule has 1 rings (SSSR count). The molecule has 1 aromatic rings. The van der Waals surface area contributed by atoms with Crippen LogP contribution in [-0.4, -0.2) is 13.2 Å². The second-order valence-corrected chi connectivity index (χ2v) is 5.26. The summed E-state index contributed by atoms with van der Waals surface area (Å²) in [6.07, 6.45) is 0. The van der Waals surface area contributed by atoms with E-state index in [1.807, 2.05) is 6.07 Å². The van der Waals surface area contributed by atoms with E-state index in [1.165, 1.54) is 0 Å². The van der Waals surface area contributed by atoms with E-state index in [1.54, 1.807) is 19.2 Å². The molecule has 0 fully saturated rings. The molecule has 1 aromatic carbocycles. The lowest BCUT2D eigenvalue weighted by Crippen LogP contribution is -2.31. The van der Waals surface area contributed by atoms with Gasteiger partial charge in [-0.05, 0) is 24.5 Å². The minimum absolute atomic E-state index is 0.135. The lowest BCUT2D eigenvalue weighted by molar-refractivity contribution is 0.359. The smallest absolute Gasteiger partial charge is 0.121 e. The summed E-state index contributed by atoms with van der Waals surface area (Å²) in [5.41, 5.74) is 1.60. The number of nitriles is 1. The number of rotatable bonds is 3. The zero-order chi connectivity index (χ0) is 13.1. The van der Waals surface area contributed by atoms with Crippen molar-refractivity contribution in [2.24, 2.45) is 5.41 Å². The van der Waals surface area contributed by atoms with Crippen LogP contribution in [0, 0.1) is 16.7 Å². The molecule has 0 spiro atoms. The number of nitrogens with one attached hydrogen (secondary N) is 1. The molecule has 0 saturated heterocycles. The van der Waals surface area contributed by atoms with Gasteiger partial charge in [0.05, 0.1) is 18.4 Å². The van der Waals surface area contributed by atoms with Gasteiger partial charge in [-0.1, -0.05) is 20.8 Å². The number of hydrogen-bond donors (Lipinski definition) is 1. The Morgan fingerprint density at radius 2 is 2.00 bits per heavy atom. The first-order valence-corrected chi connectivity index (χ1v) is 5.73. The summed E-state index contributed by atoms with van der Waals surface area (Å²) in [5, 5.41) is 12.4. The highest BCUT2D eigenvalue weighted by Gasteiger charge is 2.20. The molecular weight excluding hydrogens is 212 g/mol. The van der Waals surface area contributed by atoms with Crippen LogP contribution < -0.4 is 10.1 Å². The van der Waals surface area contributed by atoms with E-state index in [4.69, 9.17) is 10.00 Å². The molecular formula is C14H20N2O. The average Bonchev–Trinajstić information content (AvgIpc) is 2.27. The lowest BCUT2D eigenvalue weighted by atomic mass is 9.88. The van der Waals surface area contributed by atoms with E-state index in [-0.39, 0.29) is 11.5 Å². The van der Waals surface area contributed by atoms with E-state index in [2.05, 4.69) is 39.1 Å². The molecule has 0 amide bonds. The first-order valence-electron chi connectivity index (χ1n) is 5.73. The van der Waals surface area contributed by atoms with Crippen LogP contribution in [0.2, 0.25) is 0 Å². The highest BCUT2D eigenvalue weighted by atomic mass is 16.5. The quantitative estimate of drug-likeness (QED) is 0.868. The summed E-state index contributed by atoms with van der Waals surface area (Å²) in [6.45, 7) is 8.60. The minimum Gasteiger partial charge on any atom is -0.497 e. The minimum atomic E-state index is 0.135. The van der Waals surface area contributed by atoms with Crippen LogP contribution >= 0.6 is 0 Å². The Bertz CT molecular complexity index is 427. The van der Waals surface area contributed by atoms with Crippen molar-refractivity contribution >= 4 is 5.69 Å². The first kappa shape index (κ1) is 13.4. The molecule has 0 heterocycles. The second-order valence-electron chi connectivity index (χ2n) is 5.26. The first-order chi connectivity index (χ1) is 7.88. The number of ether oxygens (including phenoxy) is 1. The molecule has 0 aromatic heterocycles. The van der Waals surface area contributed by atoms with Gasteiger partial charge in [-0.15, -0.1) is 0 Å². The Hall–Kier alpha value is -1.69. The van der Waals surface area contributed by atoms with E-state index in [0.717, 1.165) is 11.4 Å². The molecule has 1 atom stereocenters. The van der Waals surface area contributed by atoms with Gasteiger partial charge in [0, 0.05) is 12.1 Å². The third-order valence-electron chi connectivity index (χ3n) is 3.02. The van der Waals surface area contributed by atoms with Gasteiger partial charge in [-0.3, -0.25) is 0 Å². The van der Waals surface area contributed by atoms with Crippen molar-refractivity contribution in [1.82, 2.24) is 0 Å². The zero-order valence-corrected chi connectivity index (χ0v) is 11.2. The summed E-state index contributed by atoms with van der Waals surface area (Å²) in [4.78, 5) is 0. The maximum Gasteiger partial charge on any atom is 0.121 e. The topological polar surface area (TPSA) is 45.0 Å². The normalized spacial score (nSPS) is 12.7. The fourth-order valence-corrected chi connectivity index (χ4v) is 1.32. The summed E-state index contributed by atoms with van der Waals surface area (Å²) in [5.74, 6) is 0.757. The fraction of sp³-hybridized carbons (Fsp3) is 0.500. The molecule has 0 aliphatic carbocycles. The number of nitrogens with zero attached hydrogens (tertiary/aromatic N) is 1. The van der Waals surface area contributed by atoms with Gasteiger partial charge >= 0.3 is 0 Å². The Morgan fingerprint density at radius 1 is 1.35 bits per heavy atom. The van der Waals surface area contributed by atoms with E-state index >= 15 is 0 Å². The van der Waals surface area contributed by atoms with Crippen molar-refractivity contribution in [3.8, 4) is 11.8 Å². The van der Waals surface area contributed by atoms with Crippen LogP contribution in [0.15, 0.2) is 18.2 Å². The molecule has 0 bridgehead atoms. The summed E-state index contributed by atoms with van der Waals surface area (Å²) < 4.78 is 5.17. The standard InChI is InChI=1S/C14H20N2O/c1-10(14(2,3)4)16-13-8-12(17-5)7-6-11(13)9-15/h6-8,10,16H,1-5H3. The zero-order valence-electron chi connectivity index (χ0n) is 11.2. The molecule has 0 radical (unpaired) electrons. The van der Waals surface area contributed by atoms with Crippen molar-refractivity contribution in [3.63, 3.8) is 0 Å². The predicted molar refractivity (Wildman–Crippen MR) is 70.2 cm³/mol. The number of hydrogen-bond acceptors (Lipinski definition) is 3. The van der Waals surface area contributed by atoms with Gasteiger partial charge in [0.25, 0.3) is 0 Å². The van der Waals surface area contributed by atoms with Crippen LogP contribution in [-0.2, 0) is 0 Å². The van der Waals surface area contributed by atoms with Gasteiger partial charge in [0.1, 0.15) is 11.8 Å². The van der Waals surface area contributed by atoms with Gasteiger partial charge in [0.15, 0.2) is 0 Å². The van der Waals surface area contributed by atoms with Crippen LogP contribution in [0.25, 0.3) is 0 Å². The monoisotopic (exact) mass is 232 g/mol. The van der Waals surface area contributed by atoms with Crippen molar-refractivity contribution in [2.75, 3.05) is 12.4 Å². The van der Waals surface area contributed by atoms with Crippen LogP contribution in [0.3, 0.4) is 0 Å². The highest BCUT2D eigenvalue weighted by molar-refractivity contribution is 5.60. The Balaban J connectivity index is 3.00. The summed E-state index contributed by atoms with van der Waals surface area (Å²) in [6, 6.07) is 7.88. The molecule has 1 N–H and O–H groups in total. The molecule has 3 heteroatoms. The molecule has 1 unspecified atom stereocenters. The predicted octanol–water partition coefficient (Wildman–Crippen LogP) is 3.41. The second kappa shape index (κ2) is 5.09. The maximum absolute atomic E-state index is 9.07.